The summed E-state index contributed by atoms with van der Waals surface area (Å²) >= 11 is 6.16. The van der Waals surface area contributed by atoms with Crippen LogP contribution < -0.4 is 10.5 Å². The lowest BCUT2D eigenvalue weighted by Crippen LogP contribution is -2.15. The zero-order valence-corrected chi connectivity index (χ0v) is 12.6. The molecule has 1 heterocycles. The molecule has 0 radical (unpaired) electrons. The lowest BCUT2D eigenvalue weighted by Gasteiger charge is -2.17. The maximum Gasteiger partial charge on any atom is 0.125 e. The molecule has 0 aliphatic carbocycles. The molecule has 0 bridgehead atoms. The highest BCUT2D eigenvalue weighted by molar-refractivity contribution is 6.30. The van der Waals surface area contributed by atoms with Gasteiger partial charge in [-0.1, -0.05) is 17.7 Å². The molecule has 0 spiro atoms. The van der Waals surface area contributed by atoms with Crippen molar-refractivity contribution in [3.63, 3.8) is 0 Å². The van der Waals surface area contributed by atoms with Gasteiger partial charge in [0, 0.05) is 17.5 Å². The zero-order chi connectivity index (χ0) is 15.0. The molecule has 1 aliphatic rings. The summed E-state index contributed by atoms with van der Waals surface area (Å²) in [4.78, 5) is 0. The number of hydrogen-bond donors (Lipinski definition) is 1. The molecule has 0 amide bonds. The van der Waals surface area contributed by atoms with Crippen molar-refractivity contribution < 1.29 is 9.13 Å². The molecule has 1 unspecified atom stereocenters. The third kappa shape index (κ3) is 2.89. The van der Waals surface area contributed by atoms with E-state index in [1.54, 1.807) is 6.07 Å². The fourth-order valence-corrected chi connectivity index (χ4v) is 3.12. The number of rotatable bonds is 3. The van der Waals surface area contributed by atoms with E-state index in [2.05, 4.69) is 0 Å². The average Bonchev–Trinajstić information content (AvgIpc) is 2.89. The predicted octanol–water partition coefficient (Wildman–Crippen LogP) is 3.96. The van der Waals surface area contributed by atoms with E-state index >= 15 is 0 Å². The Morgan fingerprint density at radius 2 is 2.14 bits per heavy atom. The molecule has 0 fully saturated rings. The van der Waals surface area contributed by atoms with Gasteiger partial charge in [0.1, 0.15) is 11.6 Å². The summed E-state index contributed by atoms with van der Waals surface area (Å²) in [5.41, 5.74) is 10.2. The summed E-state index contributed by atoms with van der Waals surface area (Å²) in [6, 6.07) is 8.25. The van der Waals surface area contributed by atoms with Crippen LogP contribution in [0, 0.1) is 12.7 Å². The van der Waals surface area contributed by atoms with Crippen molar-refractivity contribution in [2.45, 2.75) is 25.8 Å². The molecule has 3 rings (SSSR count). The highest BCUT2D eigenvalue weighted by Crippen LogP contribution is 2.35. The van der Waals surface area contributed by atoms with E-state index in [0.717, 1.165) is 34.4 Å². The van der Waals surface area contributed by atoms with E-state index < -0.39 is 0 Å². The number of halogens is 2. The molecule has 0 aromatic heterocycles. The zero-order valence-electron chi connectivity index (χ0n) is 11.8. The number of nitrogens with two attached hydrogens (primary N) is 1. The van der Waals surface area contributed by atoms with Crippen LogP contribution in [0.15, 0.2) is 30.3 Å². The summed E-state index contributed by atoms with van der Waals surface area (Å²) in [6.45, 7) is 2.62. The first-order valence-electron chi connectivity index (χ1n) is 7.00. The number of ether oxygens (including phenoxy) is 1. The second kappa shape index (κ2) is 5.66. The molecule has 2 aromatic rings. The van der Waals surface area contributed by atoms with Crippen LogP contribution >= 0.6 is 11.6 Å². The Hall–Kier alpha value is -1.58. The lowest BCUT2D eigenvalue weighted by atomic mass is 9.94. The average molecular weight is 306 g/mol. The van der Waals surface area contributed by atoms with Gasteiger partial charge in [-0.05, 0) is 59.9 Å². The highest BCUT2D eigenvalue weighted by Gasteiger charge is 2.20. The molecule has 2 N–H and O–H groups in total. The molecule has 0 saturated carbocycles. The molecule has 110 valence electrons. The second-order valence-corrected chi connectivity index (χ2v) is 5.90. The van der Waals surface area contributed by atoms with E-state index in [1.807, 2.05) is 19.1 Å². The largest absolute Gasteiger partial charge is 0.493 e. The van der Waals surface area contributed by atoms with Crippen molar-refractivity contribution in [3.05, 3.63) is 63.4 Å². The summed E-state index contributed by atoms with van der Waals surface area (Å²) < 4.78 is 19.1. The van der Waals surface area contributed by atoms with E-state index in [0.29, 0.717) is 18.1 Å². The van der Waals surface area contributed by atoms with Crippen LogP contribution in [-0.2, 0) is 12.8 Å². The van der Waals surface area contributed by atoms with Gasteiger partial charge >= 0.3 is 0 Å². The Balaban J connectivity index is 1.92. The van der Waals surface area contributed by atoms with Crippen LogP contribution in [0.25, 0.3) is 0 Å². The molecule has 1 atom stereocenters. The SMILES string of the molecule is Cc1ccc(F)cc1C(N)Cc1cc(Cl)cc2c1OCC2. The van der Waals surface area contributed by atoms with E-state index in [1.165, 1.54) is 12.1 Å². The second-order valence-electron chi connectivity index (χ2n) is 5.46. The molecule has 2 nitrogen and oxygen atoms in total. The Morgan fingerprint density at radius 3 is 2.95 bits per heavy atom. The van der Waals surface area contributed by atoms with Crippen molar-refractivity contribution >= 4 is 11.6 Å². The smallest absolute Gasteiger partial charge is 0.125 e. The van der Waals surface area contributed by atoms with Crippen LogP contribution in [0.2, 0.25) is 5.02 Å². The van der Waals surface area contributed by atoms with Gasteiger partial charge in [-0.15, -0.1) is 0 Å². The number of aryl methyl sites for hydroxylation is 1. The quantitative estimate of drug-likeness (QED) is 0.931. The highest BCUT2D eigenvalue weighted by atomic mass is 35.5. The van der Waals surface area contributed by atoms with Gasteiger partial charge in [0.15, 0.2) is 0 Å². The fourth-order valence-electron chi connectivity index (χ4n) is 2.86. The number of benzene rings is 2. The molecule has 21 heavy (non-hydrogen) atoms. The summed E-state index contributed by atoms with van der Waals surface area (Å²) in [7, 11) is 0. The van der Waals surface area contributed by atoms with Crippen LogP contribution in [0.4, 0.5) is 4.39 Å². The van der Waals surface area contributed by atoms with E-state index in [9.17, 15) is 4.39 Å². The first-order chi connectivity index (χ1) is 10.0. The van der Waals surface area contributed by atoms with Crippen LogP contribution in [0.3, 0.4) is 0 Å². The van der Waals surface area contributed by atoms with Gasteiger partial charge in [0.05, 0.1) is 6.61 Å². The normalized spacial score (nSPS) is 14.7. The monoisotopic (exact) mass is 305 g/mol. The maximum atomic E-state index is 13.4. The maximum absolute atomic E-state index is 13.4. The van der Waals surface area contributed by atoms with Gasteiger partial charge in [-0.3, -0.25) is 0 Å². The first-order valence-corrected chi connectivity index (χ1v) is 7.38. The minimum atomic E-state index is -0.285. The van der Waals surface area contributed by atoms with Crippen LogP contribution in [0.1, 0.15) is 28.3 Å². The molecule has 1 aliphatic heterocycles. The van der Waals surface area contributed by atoms with Crippen molar-refractivity contribution in [2.24, 2.45) is 5.73 Å². The van der Waals surface area contributed by atoms with Gasteiger partial charge in [0.25, 0.3) is 0 Å². The van der Waals surface area contributed by atoms with Gasteiger partial charge < -0.3 is 10.5 Å². The van der Waals surface area contributed by atoms with E-state index in [4.69, 9.17) is 22.1 Å². The van der Waals surface area contributed by atoms with Gasteiger partial charge in [-0.2, -0.15) is 0 Å². The fraction of sp³-hybridized carbons (Fsp3) is 0.294. The minimum absolute atomic E-state index is 0.265. The topological polar surface area (TPSA) is 35.2 Å². The van der Waals surface area contributed by atoms with E-state index in [-0.39, 0.29) is 11.9 Å². The molecule has 4 heteroatoms. The third-order valence-electron chi connectivity index (χ3n) is 3.91. The van der Waals surface area contributed by atoms with Gasteiger partial charge in [-0.25, -0.2) is 4.39 Å². The molecular weight excluding hydrogens is 289 g/mol. The molecule has 2 aromatic carbocycles. The first kappa shape index (κ1) is 14.4. The Kier molecular flexibility index (Phi) is 3.87. The van der Waals surface area contributed by atoms with Crippen molar-refractivity contribution in [2.75, 3.05) is 6.61 Å². The molecule has 0 saturated heterocycles. The Morgan fingerprint density at radius 1 is 1.33 bits per heavy atom. The minimum Gasteiger partial charge on any atom is -0.493 e. The van der Waals surface area contributed by atoms with Crippen LogP contribution in [0.5, 0.6) is 5.75 Å². The van der Waals surface area contributed by atoms with Crippen molar-refractivity contribution in [1.29, 1.82) is 0 Å². The summed E-state index contributed by atoms with van der Waals surface area (Å²) in [6.07, 6.45) is 1.45. The third-order valence-corrected chi connectivity index (χ3v) is 4.12. The number of fused-ring (bicyclic) bond motifs is 1. The Labute approximate surface area is 128 Å². The summed E-state index contributed by atoms with van der Waals surface area (Å²) in [5.74, 6) is 0.627. The lowest BCUT2D eigenvalue weighted by molar-refractivity contribution is 0.352. The van der Waals surface area contributed by atoms with Crippen molar-refractivity contribution in [3.8, 4) is 5.75 Å². The Bertz CT molecular complexity index is 687. The predicted molar refractivity (Wildman–Crippen MR) is 82.4 cm³/mol. The van der Waals surface area contributed by atoms with Gasteiger partial charge in [0.2, 0.25) is 0 Å². The van der Waals surface area contributed by atoms with Crippen LogP contribution in [-0.4, -0.2) is 6.61 Å². The number of hydrogen-bond acceptors (Lipinski definition) is 2. The summed E-state index contributed by atoms with van der Waals surface area (Å²) in [5, 5.41) is 0.692. The molecular formula is C17H17ClFNO. The standard InChI is InChI=1S/C17H17ClFNO/c1-10-2-3-14(19)9-15(10)16(20)8-12-7-13(18)6-11-4-5-21-17(11)12/h2-3,6-7,9,16H,4-5,8,20H2,1H3. The van der Waals surface area contributed by atoms with Crippen molar-refractivity contribution in [1.82, 2.24) is 0 Å².